The second kappa shape index (κ2) is 9.35. The number of nitrogen functional groups attached to an aromatic ring is 1. The van der Waals surface area contributed by atoms with Crippen LogP contribution in [0.5, 0.6) is 11.5 Å². The Morgan fingerprint density at radius 1 is 1.08 bits per heavy atom. The Hall–Kier alpha value is -3.63. The van der Waals surface area contributed by atoms with Crippen molar-refractivity contribution in [2.24, 2.45) is 5.92 Å². The number of ether oxygens (including phenoxy) is 1. The van der Waals surface area contributed by atoms with Gasteiger partial charge in [-0.1, -0.05) is 19.8 Å². The SMILES string of the molecule is CC1CC(c2nc3c4ccc(O)c(OC(C)(F)F)c4nc(N)n3n2)CCCCC1c1cc(F)cc(F)c1. The van der Waals surface area contributed by atoms with Crippen LogP contribution in [-0.2, 0) is 0 Å². The first-order valence-electron chi connectivity index (χ1n) is 12.2. The molecule has 2 aromatic heterocycles. The molecule has 5 rings (SSSR count). The van der Waals surface area contributed by atoms with Gasteiger partial charge in [0, 0.05) is 24.3 Å². The number of halogens is 4. The van der Waals surface area contributed by atoms with E-state index >= 15 is 0 Å². The molecule has 0 saturated heterocycles. The van der Waals surface area contributed by atoms with Gasteiger partial charge in [0.1, 0.15) is 17.2 Å². The van der Waals surface area contributed by atoms with E-state index in [0.717, 1.165) is 31.7 Å². The lowest BCUT2D eigenvalue weighted by Crippen LogP contribution is -2.19. The number of rotatable bonds is 4. The molecule has 0 bridgehead atoms. The average molecular weight is 518 g/mol. The molecule has 0 radical (unpaired) electrons. The Morgan fingerprint density at radius 2 is 1.78 bits per heavy atom. The number of anilines is 1. The molecule has 11 heteroatoms. The largest absolute Gasteiger partial charge is 0.504 e. The first-order chi connectivity index (χ1) is 17.5. The molecule has 0 spiro atoms. The summed E-state index contributed by atoms with van der Waals surface area (Å²) in [5, 5.41) is 15.1. The molecule has 1 aliphatic carbocycles. The third-order valence-electron chi connectivity index (χ3n) is 7.04. The third kappa shape index (κ3) is 4.99. The molecule has 0 aliphatic heterocycles. The van der Waals surface area contributed by atoms with E-state index in [1.54, 1.807) is 0 Å². The zero-order valence-electron chi connectivity index (χ0n) is 20.4. The summed E-state index contributed by atoms with van der Waals surface area (Å²) in [7, 11) is 0. The van der Waals surface area contributed by atoms with Crippen LogP contribution >= 0.6 is 0 Å². The first-order valence-corrected chi connectivity index (χ1v) is 12.2. The van der Waals surface area contributed by atoms with Crippen molar-refractivity contribution in [2.75, 3.05) is 5.73 Å². The normalized spacial score (nSPS) is 21.2. The number of alkyl halides is 2. The van der Waals surface area contributed by atoms with Crippen molar-refractivity contribution in [1.82, 2.24) is 19.6 Å². The molecule has 0 amide bonds. The minimum absolute atomic E-state index is 0.0176. The fourth-order valence-electron chi connectivity index (χ4n) is 5.42. The highest BCUT2D eigenvalue weighted by Gasteiger charge is 2.31. The van der Waals surface area contributed by atoms with E-state index in [0.29, 0.717) is 35.8 Å². The van der Waals surface area contributed by atoms with Crippen LogP contribution in [0.3, 0.4) is 0 Å². The number of phenolic OH excluding ortho intramolecular Hbond substituents is 1. The maximum absolute atomic E-state index is 13.9. The summed E-state index contributed by atoms with van der Waals surface area (Å²) >= 11 is 0. The fraction of sp³-hybridized carbons (Fsp3) is 0.423. The molecular weight excluding hydrogens is 490 g/mol. The predicted molar refractivity (Wildman–Crippen MR) is 130 cm³/mol. The number of nitrogens with zero attached hydrogens (tertiary/aromatic N) is 4. The van der Waals surface area contributed by atoms with Gasteiger partial charge in [0.2, 0.25) is 5.95 Å². The summed E-state index contributed by atoms with van der Waals surface area (Å²) in [6, 6.07) is 6.41. The van der Waals surface area contributed by atoms with Gasteiger partial charge in [-0.2, -0.15) is 13.3 Å². The maximum atomic E-state index is 13.9. The zero-order chi connectivity index (χ0) is 26.5. The lowest BCUT2D eigenvalue weighted by atomic mass is 9.75. The Bertz CT molecular complexity index is 1450. The Morgan fingerprint density at radius 3 is 2.49 bits per heavy atom. The Kier molecular flexibility index (Phi) is 6.33. The van der Waals surface area contributed by atoms with Gasteiger partial charge in [-0.3, -0.25) is 0 Å². The highest BCUT2D eigenvalue weighted by atomic mass is 19.3. The quantitative estimate of drug-likeness (QED) is 0.308. The molecule has 7 nitrogen and oxygen atoms in total. The molecule has 196 valence electrons. The van der Waals surface area contributed by atoms with Crippen LogP contribution in [0.25, 0.3) is 16.6 Å². The molecule has 3 unspecified atom stereocenters. The standard InChI is InChI=1S/C26H27F4N5O2/c1-13-9-14(5-3-4-6-18(13)15-10-16(27)12-17(28)11-15)23-33-24-19-7-8-20(36)22(37-26(2,29)30)21(19)32-25(31)35(24)34-23/h7-8,10-14,18,36H,3-6,9H2,1-2H3,(H2,31,32). The molecule has 1 aliphatic rings. The number of aromatic nitrogens is 4. The van der Waals surface area contributed by atoms with E-state index in [9.17, 15) is 22.7 Å². The second-order valence-corrected chi connectivity index (χ2v) is 9.90. The van der Waals surface area contributed by atoms with Gasteiger partial charge in [0.15, 0.2) is 23.0 Å². The van der Waals surface area contributed by atoms with Gasteiger partial charge in [-0.15, -0.1) is 5.10 Å². The molecule has 2 heterocycles. The summed E-state index contributed by atoms with van der Waals surface area (Å²) in [5.74, 6) is -1.73. The summed E-state index contributed by atoms with van der Waals surface area (Å²) in [6.45, 7) is 2.62. The van der Waals surface area contributed by atoms with Crippen molar-refractivity contribution in [3.8, 4) is 11.5 Å². The minimum Gasteiger partial charge on any atom is -0.504 e. The van der Waals surface area contributed by atoms with Crippen LogP contribution in [0.15, 0.2) is 30.3 Å². The van der Waals surface area contributed by atoms with E-state index in [-0.39, 0.29) is 29.2 Å². The molecule has 3 atom stereocenters. The van der Waals surface area contributed by atoms with E-state index in [4.69, 9.17) is 10.7 Å². The van der Waals surface area contributed by atoms with Gasteiger partial charge in [0.05, 0.1) is 0 Å². The molecule has 3 N–H and O–H groups in total. The van der Waals surface area contributed by atoms with Gasteiger partial charge in [0.25, 0.3) is 0 Å². The second-order valence-electron chi connectivity index (χ2n) is 9.90. The number of hydrogen-bond donors (Lipinski definition) is 2. The van der Waals surface area contributed by atoms with Crippen LogP contribution in [0, 0.1) is 17.6 Å². The number of nitrogens with two attached hydrogens (primary N) is 1. The topological polar surface area (TPSA) is 98.6 Å². The maximum Gasteiger partial charge on any atom is 0.395 e. The lowest BCUT2D eigenvalue weighted by molar-refractivity contribution is -0.159. The lowest BCUT2D eigenvalue weighted by Gasteiger charge is -2.30. The van der Waals surface area contributed by atoms with Crippen LogP contribution in [-0.4, -0.2) is 30.8 Å². The first kappa shape index (κ1) is 25.0. The van der Waals surface area contributed by atoms with Crippen molar-refractivity contribution in [2.45, 2.75) is 63.9 Å². The number of phenols is 1. The van der Waals surface area contributed by atoms with Gasteiger partial charge in [-0.25, -0.2) is 18.7 Å². The molecule has 2 aromatic carbocycles. The summed E-state index contributed by atoms with van der Waals surface area (Å²) in [4.78, 5) is 8.89. The van der Waals surface area contributed by atoms with Crippen LogP contribution in [0.4, 0.5) is 23.5 Å². The molecule has 4 aromatic rings. The van der Waals surface area contributed by atoms with Gasteiger partial charge < -0.3 is 15.6 Å². The van der Waals surface area contributed by atoms with E-state index in [1.165, 1.54) is 28.8 Å². The van der Waals surface area contributed by atoms with Crippen molar-refractivity contribution >= 4 is 22.5 Å². The number of aromatic hydroxyl groups is 1. The minimum atomic E-state index is -3.55. The monoisotopic (exact) mass is 517 g/mol. The number of fused-ring (bicyclic) bond motifs is 3. The van der Waals surface area contributed by atoms with Crippen molar-refractivity contribution in [3.63, 3.8) is 0 Å². The Labute approximate surface area is 210 Å². The fourth-order valence-corrected chi connectivity index (χ4v) is 5.42. The molecule has 1 saturated carbocycles. The van der Waals surface area contributed by atoms with Crippen molar-refractivity contribution < 1.29 is 27.4 Å². The number of hydrogen-bond acceptors (Lipinski definition) is 6. The predicted octanol–water partition coefficient (Wildman–Crippen LogP) is 6.30. The summed E-state index contributed by atoms with van der Waals surface area (Å²) in [6.07, 6.45) is 0.534. The highest BCUT2D eigenvalue weighted by Crippen LogP contribution is 2.42. The molecule has 1 fully saturated rings. The molecular formula is C26H27F4N5O2. The van der Waals surface area contributed by atoms with Crippen molar-refractivity contribution in [3.05, 3.63) is 53.4 Å². The zero-order valence-corrected chi connectivity index (χ0v) is 20.4. The van der Waals surface area contributed by atoms with E-state index in [1.807, 2.05) is 0 Å². The summed E-state index contributed by atoms with van der Waals surface area (Å²) in [5.41, 5.74) is 7.01. The van der Waals surface area contributed by atoms with Gasteiger partial charge >= 0.3 is 6.11 Å². The smallest absolute Gasteiger partial charge is 0.395 e. The Balaban J connectivity index is 1.53. The average Bonchev–Trinajstić information content (AvgIpc) is 3.23. The number of benzene rings is 2. The van der Waals surface area contributed by atoms with E-state index < -0.39 is 29.2 Å². The van der Waals surface area contributed by atoms with Gasteiger partial charge in [-0.05, 0) is 60.9 Å². The van der Waals surface area contributed by atoms with E-state index in [2.05, 4.69) is 21.7 Å². The highest BCUT2D eigenvalue weighted by molar-refractivity contribution is 5.97. The summed E-state index contributed by atoms with van der Waals surface area (Å²) < 4.78 is 61.1. The van der Waals surface area contributed by atoms with Crippen LogP contribution in [0.1, 0.15) is 69.2 Å². The van der Waals surface area contributed by atoms with Crippen LogP contribution in [0.2, 0.25) is 0 Å². The van der Waals surface area contributed by atoms with Crippen LogP contribution < -0.4 is 10.5 Å². The third-order valence-corrected chi connectivity index (χ3v) is 7.04. The van der Waals surface area contributed by atoms with Crippen molar-refractivity contribution in [1.29, 1.82) is 0 Å². The molecule has 37 heavy (non-hydrogen) atoms.